The summed E-state index contributed by atoms with van der Waals surface area (Å²) in [4.78, 5) is 15.1. The lowest BCUT2D eigenvalue weighted by Crippen LogP contribution is -2.50. The second-order valence-electron chi connectivity index (χ2n) is 19.3. The molecule has 2 aliphatic heterocycles. The average molecular weight is 901 g/mol. The molecule has 2 aromatic carbocycles. The van der Waals surface area contributed by atoms with E-state index in [-0.39, 0.29) is 75.0 Å². The summed E-state index contributed by atoms with van der Waals surface area (Å²) in [5.74, 6) is 1.59. The van der Waals surface area contributed by atoms with E-state index in [1.165, 1.54) is 12.3 Å². The predicted molar refractivity (Wildman–Crippen MR) is 240 cm³/mol. The average Bonchev–Trinajstić information content (AvgIpc) is 3.70. The van der Waals surface area contributed by atoms with Gasteiger partial charge >= 0.3 is 12.2 Å². The van der Waals surface area contributed by atoms with Crippen LogP contribution >= 0.6 is 0 Å². The van der Waals surface area contributed by atoms with E-state index < -0.39 is 69.9 Å². The Labute approximate surface area is 364 Å². The third-order valence-corrected chi connectivity index (χ3v) is 26.1. The SMILES string of the molecule is CC(C)[Si](C#Cc1c(F)ccc2cc(O[Si](C(C)C)(C(C)C)C(C)C)cc(-c3ncc4c(OCC(F)(F)F)nc(OC[C@@]56CCCN5C[C@H](F)C6)nc4c3F)c12)(C(C)C)C(C)C. The lowest BCUT2D eigenvalue weighted by atomic mass is 9.95. The number of benzene rings is 2. The number of fused-ring (bicyclic) bond motifs is 3. The van der Waals surface area contributed by atoms with Crippen molar-refractivity contribution in [2.45, 2.75) is 153 Å². The van der Waals surface area contributed by atoms with Crippen molar-refractivity contribution in [3.05, 3.63) is 47.7 Å². The summed E-state index contributed by atoms with van der Waals surface area (Å²) in [5, 5.41) is 0.657. The van der Waals surface area contributed by atoms with Crippen LogP contribution in [0.2, 0.25) is 33.2 Å². The summed E-state index contributed by atoms with van der Waals surface area (Å²) < 4.78 is 108. The van der Waals surface area contributed by atoms with Gasteiger partial charge < -0.3 is 13.9 Å². The Kier molecular flexibility index (Phi) is 13.8. The Morgan fingerprint density at radius 1 is 0.871 bits per heavy atom. The smallest absolute Gasteiger partial charge is 0.422 e. The van der Waals surface area contributed by atoms with E-state index in [2.05, 4.69) is 110 Å². The van der Waals surface area contributed by atoms with Crippen molar-refractivity contribution in [2.75, 3.05) is 26.3 Å². The number of halogens is 6. The van der Waals surface area contributed by atoms with Gasteiger partial charge in [0.2, 0.25) is 5.88 Å². The van der Waals surface area contributed by atoms with Crippen molar-refractivity contribution in [3.8, 4) is 40.4 Å². The second kappa shape index (κ2) is 17.9. The maximum atomic E-state index is 17.6. The highest BCUT2D eigenvalue weighted by molar-refractivity contribution is 6.90. The van der Waals surface area contributed by atoms with Gasteiger partial charge in [-0.05, 0) is 76.2 Å². The maximum absolute atomic E-state index is 17.6. The molecule has 0 spiro atoms. The molecule has 338 valence electrons. The first-order valence-electron chi connectivity index (χ1n) is 22.0. The summed E-state index contributed by atoms with van der Waals surface area (Å²) in [6.45, 7) is 25.1. The number of hydrogen-bond donors (Lipinski definition) is 0. The summed E-state index contributed by atoms with van der Waals surface area (Å²) in [5.41, 5.74) is 3.94. The molecule has 62 heavy (non-hydrogen) atoms. The molecule has 7 nitrogen and oxygen atoms in total. The Morgan fingerprint density at radius 2 is 1.52 bits per heavy atom. The third-order valence-electron chi connectivity index (χ3n) is 13.8. The lowest BCUT2D eigenvalue weighted by molar-refractivity contribution is -0.153. The van der Waals surface area contributed by atoms with Crippen molar-refractivity contribution >= 4 is 38.1 Å². The van der Waals surface area contributed by atoms with Gasteiger partial charge in [0, 0.05) is 30.1 Å². The molecule has 2 atom stereocenters. The number of hydrogen-bond acceptors (Lipinski definition) is 7. The van der Waals surface area contributed by atoms with E-state index in [1.807, 2.05) is 11.0 Å². The highest BCUT2D eigenvalue weighted by Gasteiger charge is 2.50. The van der Waals surface area contributed by atoms with E-state index in [0.29, 0.717) is 29.5 Å². The van der Waals surface area contributed by atoms with Crippen molar-refractivity contribution < 1.29 is 40.2 Å². The van der Waals surface area contributed by atoms with Crippen LogP contribution in [0.25, 0.3) is 32.9 Å². The number of alkyl halides is 4. The van der Waals surface area contributed by atoms with Gasteiger partial charge in [0.15, 0.2) is 12.4 Å². The molecule has 2 aliphatic rings. The van der Waals surface area contributed by atoms with Crippen molar-refractivity contribution in [2.24, 2.45) is 0 Å². The Hall–Kier alpha value is -3.88. The van der Waals surface area contributed by atoms with Gasteiger partial charge in [-0.25, -0.2) is 13.2 Å². The molecule has 15 heteroatoms. The number of rotatable bonds is 14. The molecule has 0 unspecified atom stereocenters. The number of ether oxygens (including phenoxy) is 2. The second-order valence-corrected chi connectivity index (χ2v) is 30.3. The van der Waals surface area contributed by atoms with Crippen LogP contribution in [0.4, 0.5) is 26.3 Å². The van der Waals surface area contributed by atoms with Crippen LogP contribution in [0, 0.1) is 23.1 Å². The normalized spacial score (nSPS) is 18.9. The topological polar surface area (TPSA) is 69.6 Å². The first kappa shape index (κ1) is 47.6. The summed E-state index contributed by atoms with van der Waals surface area (Å²) in [6.07, 6.45) is -2.94. The minimum Gasteiger partial charge on any atom is -0.543 e. The molecule has 0 radical (unpaired) electrons. The van der Waals surface area contributed by atoms with Crippen LogP contribution < -0.4 is 13.9 Å². The van der Waals surface area contributed by atoms with E-state index in [4.69, 9.17) is 13.9 Å². The standard InChI is InChI=1S/C47H62F6N4O3Si2/c1-27(2)61(28(3)4,29(5)6)19-16-36-39(49)15-14-33-20-35(60-62(30(7)8,31(9)10)32(11)12)21-37(40(33)36)42-41(50)43-38(23-54-42)44(58-26-47(51,52)53)56-45(55-43)59-25-46-17-13-18-57(46)24-34(48)22-46/h14-15,20-21,23,27-32,34H,13,17-18,22,24-26H2,1-12H3/t34-,46+/m1/s1. The van der Waals surface area contributed by atoms with Crippen LogP contribution in [-0.2, 0) is 0 Å². The Bertz CT molecular complexity index is 2300. The quantitative estimate of drug-likeness (QED) is 0.0709. The van der Waals surface area contributed by atoms with Crippen LogP contribution in [0.15, 0.2) is 30.5 Å². The molecule has 4 aromatic rings. The minimum atomic E-state index is -4.74. The molecule has 0 N–H and O–H groups in total. The summed E-state index contributed by atoms with van der Waals surface area (Å²) in [7, 11) is -4.99. The Balaban J connectivity index is 1.63. The lowest BCUT2D eigenvalue weighted by Gasteiger charge is -2.42. The highest BCUT2D eigenvalue weighted by Crippen LogP contribution is 2.47. The van der Waals surface area contributed by atoms with E-state index in [1.54, 1.807) is 12.1 Å². The highest BCUT2D eigenvalue weighted by atomic mass is 28.4. The molecule has 2 aromatic heterocycles. The molecule has 0 bridgehead atoms. The van der Waals surface area contributed by atoms with Crippen molar-refractivity contribution in [1.82, 2.24) is 19.9 Å². The molecule has 4 heterocycles. The predicted octanol–water partition coefficient (Wildman–Crippen LogP) is 13.1. The monoisotopic (exact) mass is 900 g/mol. The Morgan fingerprint density at radius 3 is 2.11 bits per heavy atom. The van der Waals surface area contributed by atoms with Crippen LogP contribution in [0.1, 0.15) is 108 Å². The first-order chi connectivity index (χ1) is 29.0. The molecule has 0 aliphatic carbocycles. The van der Waals surface area contributed by atoms with Crippen LogP contribution in [-0.4, -0.2) is 80.4 Å². The fraction of sp³-hybridized carbons (Fsp3) is 0.596. The summed E-state index contributed by atoms with van der Waals surface area (Å²) in [6, 6.07) is 6.10. The molecule has 0 amide bonds. The van der Waals surface area contributed by atoms with Gasteiger partial charge in [-0.2, -0.15) is 23.1 Å². The number of nitrogens with zero attached hydrogens (tertiary/aromatic N) is 4. The van der Waals surface area contributed by atoms with Crippen molar-refractivity contribution in [3.63, 3.8) is 0 Å². The zero-order valence-corrected chi connectivity index (χ0v) is 40.2. The van der Waals surface area contributed by atoms with E-state index >= 15 is 8.78 Å². The van der Waals surface area contributed by atoms with Gasteiger partial charge in [0.1, 0.15) is 43.6 Å². The molecule has 0 saturated carbocycles. The fourth-order valence-corrected chi connectivity index (χ4v) is 21.6. The number of aromatic nitrogens is 3. The molecule has 6 rings (SSSR count). The van der Waals surface area contributed by atoms with E-state index in [0.717, 1.165) is 6.42 Å². The van der Waals surface area contributed by atoms with Gasteiger partial charge in [0.25, 0.3) is 8.32 Å². The zero-order chi connectivity index (χ0) is 45.7. The van der Waals surface area contributed by atoms with E-state index in [9.17, 15) is 17.6 Å². The first-order valence-corrected chi connectivity index (χ1v) is 26.4. The largest absolute Gasteiger partial charge is 0.543 e. The number of pyridine rings is 1. The molecular formula is C47H62F6N4O3Si2. The molecule has 2 saturated heterocycles. The van der Waals surface area contributed by atoms with Crippen LogP contribution in [0.5, 0.6) is 17.6 Å². The molecular weight excluding hydrogens is 839 g/mol. The zero-order valence-electron chi connectivity index (χ0n) is 38.2. The summed E-state index contributed by atoms with van der Waals surface area (Å²) >= 11 is 0. The molecule has 2 fully saturated rings. The van der Waals surface area contributed by atoms with Crippen LogP contribution in [0.3, 0.4) is 0 Å². The van der Waals surface area contributed by atoms with Gasteiger partial charge in [0.05, 0.1) is 16.5 Å². The maximum Gasteiger partial charge on any atom is 0.422 e. The minimum absolute atomic E-state index is 0.0519. The van der Waals surface area contributed by atoms with Gasteiger partial charge in [-0.1, -0.05) is 95.1 Å². The van der Waals surface area contributed by atoms with Gasteiger partial charge in [-0.15, -0.1) is 5.54 Å². The van der Waals surface area contributed by atoms with Crippen molar-refractivity contribution in [1.29, 1.82) is 0 Å². The van der Waals surface area contributed by atoms with Gasteiger partial charge in [-0.3, -0.25) is 9.88 Å². The fourth-order valence-electron chi connectivity index (χ4n) is 11.1. The third kappa shape index (κ3) is 8.81.